The molecule has 4 atom stereocenters. The number of hydrogen-bond acceptors (Lipinski definition) is 8. The number of pyridine rings is 2. The van der Waals surface area contributed by atoms with Gasteiger partial charge in [0.15, 0.2) is 6.29 Å². The molecule has 6 aromatic rings. The van der Waals surface area contributed by atoms with Crippen molar-refractivity contribution in [1.82, 2.24) is 14.9 Å². The molecule has 260 valence electrons. The summed E-state index contributed by atoms with van der Waals surface area (Å²) in [6.07, 6.45) is 2.68. The summed E-state index contributed by atoms with van der Waals surface area (Å²) >= 11 is 0. The maximum Gasteiger partial charge on any atom is 0.264 e. The Hall–Kier alpha value is -4.97. The van der Waals surface area contributed by atoms with Crippen molar-refractivity contribution in [3.63, 3.8) is 0 Å². The van der Waals surface area contributed by atoms with Crippen LogP contribution in [0.5, 0.6) is 0 Å². The van der Waals surface area contributed by atoms with Crippen molar-refractivity contribution in [2.24, 2.45) is 0 Å². The number of hydrogen-bond donors (Lipinski definition) is 2. The molecule has 0 amide bonds. The molecular weight excluding hydrogens is 661 g/mol. The third-order valence-corrected chi connectivity index (χ3v) is 10.6. The van der Waals surface area contributed by atoms with Gasteiger partial charge in [-0.3, -0.25) is 14.7 Å². The molecule has 2 aromatic heterocycles. The lowest BCUT2D eigenvalue weighted by Gasteiger charge is -2.44. The first kappa shape index (κ1) is 34.5. The summed E-state index contributed by atoms with van der Waals surface area (Å²) < 4.78 is 43.9. The van der Waals surface area contributed by atoms with Gasteiger partial charge in [0.2, 0.25) is 0 Å². The second-order valence-electron chi connectivity index (χ2n) is 12.8. The number of benzene rings is 4. The van der Waals surface area contributed by atoms with E-state index in [1.165, 1.54) is 0 Å². The molecule has 51 heavy (non-hydrogen) atoms. The number of aromatic nitrogens is 2. The zero-order valence-electron chi connectivity index (χ0n) is 28.2. The molecule has 10 heteroatoms. The molecule has 4 aromatic carbocycles. The lowest BCUT2D eigenvalue weighted by Crippen LogP contribution is -2.43. The molecule has 1 aliphatic rings. The summed E-state index contributed by atoms with van der Waals surface area (Å²) in [6.45, 7) is 1.33. The first-order valence-corrected chi connectivity index (χ1v) is 18.5. The van der Waals surface area contributed by atoms with Crippen LogP contribution in [-0.2, 0) is 32.5 Å². The topological polar surface area (TPSA) is 114 Å². The molecule has 1 aliphatic heterocycles. The number of para-hydroxylation sites is 1. The number of likely N-dealkylation sites (N-methyl/N-ethyl adjacent to an activating group) is 1. The summed E-state index contributed by atoms with van der Waals surface area (Å²) in [5.74, 6) is -0.166. The van der Waals surface area contributed by atoms with Crippen LogP contribution in [0.1, 0.15) is 46.3 Å². The largest absolute Gasteiger partial charge is 0.392 e. The van der Waals surface area contributed by atoms with E-state index >= 15 is 0 Å². The van der Waals surface area contributed by atoms with E-state index in [9.17, 15) is 13.5 Å². The van der Waals surface area contributed by atoms with Crippen molar-refractivity contribution < 1.29 is 23.0 Å². The van der Waals surface area contributed by atoms with Crippen LogP contribution in [0.15, 0.2) is 145 Å². The quantitative estimate of drug-likeness (QED) is 0.140. The van der Waals surface area contributed by atoms with Gasteiger partial charge in [0.05, 0.1) is 24.3 Å². The van der Waals surface area contributed by atoms with Crippen molar-refractivity contribution in [1.29, 1.82) is 0 Å². The number of fused-ring (bicyclic) bond motifs is 1. The predicted octanol–water partition coefficient (Wildman–Crippen LogP) is 7.04. The van der Waals surface area contributed by atoms with Crippen LogP contribution in [0, 0.1) is 0 Å². The van der Waals surface area contributed by atoms with E-state index in [1.54, 1.807) is 42.6 Å². The fraction of sp³-hybridized carbons (Fsp3) is 0.220. The number of ether oxygens (including phenoxy) is 2. The molecule has 0 radical (unpaired) electrons. The predicted molar refractivity (Wildman–Crippen MR) is 197 cm³/mol. The maximum atomic E-state index is 13.7. The van der Waals surface area contributed by atoms with Crippen LogP contribution in [0.4, 0.5) is 5.69 Å². The Labute approximate surface area is 298 Å². The maximum absolute atomic E-state index is 13.7. The second-order valence-corrected chi connectivity index (χ2v) is 14.4. The van der Waals surface area contributed by atoms with E-state index in [4.69, 9.17) is 9.47 Å². The number of anilines is 1. The second kappa shape index (κ2) is 15.5. The summed E-state index contributed by atoms with van der Waals surface area (Å²) in [6, 6.07) is 39.9. The average molecular weight is 701 g/mol. The molecule has 2 N–H and O–H groups in total. The summed E-state index contributed by atoms with van der Waals surface area (Å²) in [4.78, 5) is 11.2. The number of aliphatic hydroxyl groups excluding tert-OH is 1. The molecule has 4 unspecified atom stereocenters. The van der Waals surface area contributed by atoms with E-state index in [0.717, 1.165) is 40.7 Å². The number of nitrogens with one attached hydrogen (secondary N) is 1. The number of nitrogens with zero attached hydrogens (tertiary/aromatic N) is 3. The number of rotatable bonds is 12. The Kier molecular flexibility index (Phi) is 10.5. The van der Waals surface area contributed by atoms with Crippen LogP contribution in [0.3, 0.4) is 0 Å². The van der Waals surface area contributed by atoms with Crippen LogP contribution >= 0.6 is 0 Å². The fourth-order valence-corrected chi connectivity index (χ4v) is 7.90. The van der Waals surface area contributed by atoms with E-state index in [0.29, 0.717) is 23.3 Å². The monoisotopic (exact) mass is 700 g/mol. The molecule has 0 bridgehead atoms. The van der Waals surface area contributed by atoms with E-state index in [1.807, 2.05) is 85.1 Å². The molecule has 9 nitrogen and oxygen atoms in total. The third kappa shape index (κ3) is 8.01. The zero-order valence-corrected chi connectivity index (χ0v) is 29.1. The Balaban J connectivity index is 1.21. The van der Waals surface area contributed by atoms with Crippen molar-refractivity contribution in [3.8, 4) is 0 Å². The number of aliphatic hydroxyl groups is 1. The van der Waals surface area contributed by atoms with Gasteiger partial charge in [0, 0.05) is 60.2 Å². The molecule has 0 spiro atoms. The molecule has 7 rings (SSSR count). The first-order chi connectivity index (χ1) is 24.9. The lowest BCUT2D eigenvalue weighted by molar-refractivity contribution is -0.263. The highest BCUT2D eigenvalue weighted by atomic mass is 32.2. The van der Waals surface area contributed by atoms with Crippen LogP contribution < -0.4 is 4.72 Å². The molecule has 1 fully saturated rings. The van der Waals surface area contributed by atoms with Crippen LogP contribution in [-0.4, -0.2) is 54.6 Å². The van der Waals surface area contributed by atoms with Gasteiger partial charge in [0.1, 0.15) is 4.90 Å². The van der Waals surface area contributed by atoms with Gasteiger partial charge < -0.3 is 19.5 Å². The van der Waals surface area contributed by atoms with Crippen molar-refractivity contribution in [2.45, 2.75) is 42.3 Å². The minimum Gasteiger partial charge on any atom is -0.392 e. The van der Waals surface area contributed by atoms with E-state index < -0.39 is 22.4 Å². The summed E-state index contributed by atoms with van der Waals surface area (Å²) in [7, 11) is -1.89. The Morgan fingerprint density at radius 3 is 2.29 bits per heavy atom. The Morgan fingerprint density at radius 1 is 0.765 bits per heavy atom. The van der Waals surface area contributed by atoms with E-state index in [2.05, 4.69) is 38.8 Å². The SMILES string of the molecule is CN(CCc1ccccn1)CC1OC(c2cccc(NS(=O)(=O)c3cccc4cccnc34)c2)OC(c2ccc(CO)cc2)C1c1ccccc1. The normalized spacial score (nSPS) is 19.3. The fourth-order valence-electron chi connectivity index (χ4n) is 6.67. The van der Waals surface area contributed by atoms with Crippen LogP contribution in [0.2, 0.25) is 0 Å². The summed E-state index contributed by atoms with van der Waals surface area (Å²) in [5.41, 5.74) is 5.33. The molecule has 0 saturated carbocycles. The van der Waals surface area contributed by atoms with E-state index in [-0.39, 0.29) is 23.5 Å². The standard InChI is InChI=1S/C41H40N4O5S/c1-45(25-22-34-15-5-6-23-42-34)27-36-38(30-10-3-2-4-11-30)40(32-20-18-29(28-46)19-21-32)50-41(49-36)33-13-7-16-35(26-33)44-51(47,48)37-17-8-12-31-14-9-24-43-39(31)37/h2-21,23-24,26,36,38,40-41,44,46H,22,25,27-28H2,1H3. The Bertz CT molecular complexity index is 2160. The minimum absolute atomic E-state index is 0.0547. The van der Waals surface area contributed by atoms with Gasteiger partial charge >= 0.3 is 0 Å². The molecule has 0 aliphatic carbocycles. The highest BCUT2D eigenvalue weighted by Crippen LogP contribution is 2.47. The first-order valence-electron chi connectivity index (χ1n) is 17.0. The Morgan fingerprint density at radius 2 is 1.51 bits per heavy atom. The van der Waals surface area contributed by atoms with Gasteiger partial charge in [-0.2, -0.15) is 0 Å². The van der Waals surface area contributed by atoms with Gasteiger partial charge in [-0.15, -0.1) is 0 Å². The molecule has 1 saturated heterocycles. The smallest absolute Gasteiger partial charge is 0.264 e. The number of sulfonamides is 1. The van der Waals surface area contributed by atoms with Gasteiger partial charge in [0.25, 0.3) is 10.0 Å². The van der Waals surface area contributed by atoms with Crippen molar-refractivity contribution >= 4 is 26.6 Å². The zero-order chi connectivity index (χ0) is 35.2. The van der Waals surface area contributed by atoms with Gasteiger partial charge in [-0.25, -0.2) is 8.42 Å². The van der Waals surface area contributed by atoms with Crippen molar-refractivity contribution in [2.75, 3.05) is 24.9 Å². The summed E-state index contributed by atoms with van der Waals surface area (Å²) in [5, 5.41) is 10.5. The van der Waals surface area contributed by atoms with Gasteiger partial charge in [-0.1, -0.05) is 91.0 Å². The highest BCUT2D eigenvalue weighted by molar-refractivity contribution is 7.93. The minimum atomic E-state index is -3.97. The molecular formula is C41H40N4O5S. The lowest BCUT2D eigenvalue weighted by atomic mass is 9.83. The highest BCUT2D eigenvalue weighted by Gasteiger charge is 2.42. The molecule has 3 heterocycles. The van der Waals surface area contributed by atoms with Crippen molar-refractivity contribution in [3.05, 3.63) is 168 Å². The van der Waals surface area contributed by atoms with Gasteiger partial charge in [-0.05, 0) is 60.1 Å². The van der Waals surface area contributed by atoms with Crippen LogP contribution in [0.25, 0.3) is 10.9 Å². The average Bonchev–Trinajstić information content (AvgIpc) is 3.17. The third-order valence-electron chi connectivity index (χ3n) is 9.23.